The van der Waals surface area contributed by atoms with Gasteiger partial charge in [-0.2, -0.15) is 10.2 Å². The molecule has 3 aromatic rings. The average Bonchev–Trinajstić information content (AvgIpc) is 3.33. The standard InChI is InChI=1S/C19H19ClN6O/c20-14-3-1-12(2-4-14)18-15-11-25(8-6-16(15)23-24-18)19(27)13-9-21-17-5-7-22-26(17)10-13/h1-5,7,13,21H,6,8-11H2,(H,23,24). The van der Waals surface area contributed by atoms with E-state index in [1.807, 2.05) is 39.9 Å². The molecular weight excluding hydrogens is 364 g/mol. The third-order valence-electron chi connectivity index (χ3n) is 5.35. The maximum absolute atomic E-state index is 13.1. The van der Waals surface area contributed by atoms with Crippen molar-refractivity contribution in [2.75, 3.05) is 18.4 Å². The van der Waals surface area contributed by atoms with E-state index in [0.717, 1.165) is 34.8 Å². The highest BCUT2D eigenvalue weighted by molar-refractivity contribution is 6.30. The van der Waals surface area contributed by atoms with Crippen molar-refractivity contribution in [2.24, 2.45) is 5.92 Å². The summed E-state index contributed by atoms with van der Waals surface area (Å²) < 4.78 is 1.86. The molecule has 8 heteroatoms. The van der Waals surface area contributed by atoms with Crippen molar-refractivity contribution in [1.29, 1.82) is 0 Å². The predicted molar refractivity (Wildman–Crippen MR) is 102 cm³/mol. The van der Waals surface area contributed by atoms with E-state index >= 15 is 0 Å². The molecule has 0 bridgehead atoms. The van der Waals surface area contributed by atoms with Crippen molar-refractivity contribution in [3.63, 3.8) is 0 Å². The Hall–Kier alpha value is -2.80. The van der Waals surface area contributed by atoms with Gasteiger partial charge in [0.15, 0.2) is 0 Å². The van der Waals surface area contributed by atoms with Gasteiger partial charge in [0, 0.05) is 54.0 Å². The summed E-state index contributed by atoms with van der Waals surface area (Å²) in [4.78, 5) is 15.0. The van der Waals surface area contributed by atoms with Gasteiger partial charge in [-0.05, 0) is 12.1 Å². The smallest absolute Gasteiger partial charge is 0.229 e. The first-order chi connectivity index (χ1) is 13.2. The molecule has 2 aliphatic rings. The summed E-state index contributed by atoms with van der Waals surface area (Å²) in [5, 5.41) is 15.9. The molecule has 2 aliphatic heterocycles. The lowest BCUT2D eigenvalue weighted by atomic mass is 9.99. The molecule has 7 nitrogen and oxygen atoms in total. The Bertz CT molecular complexity index is 992. The van der Waals surface area contributed by atoms with Gasteiger partial charge in [-0.25, -0.2) is 4.68 Å². The Morgan fingerprint density at radius 1 is 1.22 bits per heavy atom. The molecule has 1 unspecified atom stereocenters. The summed E-state index contributed by atoms with van der Waals surface area (Å²) in [5.74, 6) is 1.03. The van der Waals surface area contributed by atoms with Gasteiger partial charge in [0.25, 0.3) is 0 Å². The predicted octanol–water partition coefficient (Wildman–Crippen LogP) is 2.55. The number of amides is 1. The highest BCUT2D eigenvalue weighted by Gasteiger charge is 2.32. The first-order valence-corrected chi connectivity index (χ1v) is 9.43. The molecule has 2 aromatic heterocycles. The van der Waals surface area contributed by atoms with Crippen LogP contribution in [0.5, 0.6) is 0 Å². The van der Waals surface area contributed by atoms with Crippen molar-refractivity contribution in [3.8, 4) is 11.3 Å². The summed E-state index contributed by atoms with van der Waals surface area (Å²) in [6.45, 7) is 2.54. The van der Waals surface area contributed by atoms with E-state index in [1.165, 1.54) is 0 Å². The zero-order valence-corrected chi connectivity index (χ0v) is 15.4. The van der Waals surface area contributed by atoms with Crippen molar-refractivity contribution in [3.05, 3.63) is 52.8 Å². The van der Waals surface area contributed by atoms with E-state index in [1.54, 1.807) is 6.20 Å². The van der Waals surface area contributed by atoms with Crippen LogP contribution in [-0.2, 0) is 24.3 Å². The first-order valence-electron chi connectivity index (χ1n) is 9.05. The quantitative estimate of drug-likeness (QED) is 0.714. The minimum atomic E-state index is -0.107. The van der Waals surface area contributed by atoms with E-state index in [9.17, 15) is 4.79 Å². The van der Waals surface area contributed by atoms with Gasteiger partial charge in [-0.1, -0.05) is 23.7 Å². The summed E-state index contributed by atoms with van der Waals surface area (Å²) in [5.41, 5.74) is 4.11. The molecule has 0 saturated carbocycles. The molecule has 0 spiro atoms. The van der Waals surface area contributed by atoms with Gasteiger partial charge in [0.2, 0.25) is 5.91 Å². The zero-order chi connectivity index (χ0) is 18.4. The van der Waals surface area contributed by atoms with Crippen LogP contribution in [0.4, 0.5) is 5.82 Å². The Labute approximate surface area is 161 Å². The van der Waals surface area contributed by atoms with Gasteiger partial charge in [0.1, 0.15) is 5.82 Å². The number of rotatable bonds is 2. The van der Waals surface area contributed by atoms with Gasteiger partial charge in [0.05, 0.1) is 24.4 Å². The zero-order valence-electron chi connectivity index (χ0n) is 14.7. The van der Waals surface area contributed by atoms with Crippen LogP contribution in [0.1, 0.15) is 11.3 Å². The van der Waals surface area contributed by atoms with Crippen LogP contribution in [-0.4, -0.2) is 43.9 Å². The minimum absolute atomic E-state index is 0.107. The monoisotopic (exact) mass is 382 g/mol. The number of benzene rings is 1. The number of nitrogens with one attached hydrogen (secondary N) is 2. The van der Waals surface area contributed by atoms with Gasteiger partial charge in [-0.15, -0.1) is 0 Å². The maximum Gasteiger partial charge on any atom is 0.229 e. The summed E-state index contributed by atoms with van der Waals surface area (Å²) in [6, 6.07) is 9.57. The van der Waals surface area contributed by atoms with Crippen molar-refractivity contribution < 1.29 is 4.79 Å². The number of nitrogens with zero attached hydrogens (tertiary/aromatic N) is 4. The lowest BCUT2D eigenvalue weighted by Gasteiger charge is -2.32. The van der Waals surface area contributed by atoms with E-state index in [4.69, 9.17) is 11.6 Å². The SMILES string of the molecule is O=C(C1CNc2ccnn2C1)N1CCc2[nH]nc(-c3ccc(Cl)cc3)c2C1. The Morgan fingerprint density at radius 3 is 2.93 bits per heavy atom. The van der Waals surface area contributed by atoms with E-state index in [0.29, 0.717) is 31.2 Å². The number of aromatic nitrogens is 4. The third-order valence-corrected chi connectivity index (χ3v) is 5.60. The third kappa shape index (κ3) is 2.88. The molecular formula is C19H19ClN6O. The fourth-order valence-electron chi connectivity index (χ4n) is 3.88. The Morgan fingerprint density at radius 2 is 2.07 bits per heavy atom. The van der Waals surface area contributed by atoms with Gasteiger partial charge < -0.3 is 10.2 Å². The molecule has 2 N–H and O–H groups in total. The van der Waals surface area contributed by atoms with Crippen LogP contribution >= 0.6 is 11.6 Å². The van der Waals surface area contributed by atoms with Crippen molar-refractivity contribution in [2.45, 2.75) is 19.5 Å². The van der Waals surface area contributed by atoms with Crippen molar-refractivity contribution >= 4 is 23.3 Å². The fraction of sp³-hybridized carbons (Fsp3) is 0.316. The van der Waals surface area contributed by atoms with Crippen LogP contribution in [0, 0.1) is 5.92 Å². The molecule has 1 amide bonds. The number of aromatic amines is 1. The number of carbonyl (C=O) groups is 1. The van der Waals surface area contributed by atoms with E-state index < -0.39 is 0 Å². The van der Waals surface area contributed by atoms with Gasteiger partial charge in [-0.3, -0.25) is 9.89 Å². The Kier molecular flexibility index (Phi) is 3.89. The second-order valence-electron chi connectivity index (χ2n) is 7.02. The second kappa shape index (κ2) is 6.42. The van der Waals surface area contributed by atoms with Crippen LogP contribution < -0.4 is 5.32 Å². The molecule has 138 valence electrons. The second-order valence-corrected chi connectivity index (χ2v) is 7.46. The molecule has 1 atom stereocenters. The summed E-state index contributed by atoms with van der Waals surface area (Å²) in [7, 11) is 0. The molecule has 0 fully saturated rings. The van der Waals surface area contributed by atoms with Crippen LogP contribution in [0.3, 0.4) is 0 Å². The van der Waals surface area contributed by atoms with E-state index in [-0.39, 0.29) is 11.8 Å². The number of carbonyl (C=O) groups excluding carboxylic acids is 1. The van der Waals surface area contributed by atoms with Crippen LogP contribution in [0.15, 0.2) is 36.5 Å². The summed E-state index contributed by atoms with van der Waals surface area (Å²) in [6.07, 6.45) is 2.54. The lowest BCUT2D eigenvalue weighted by molar-refractivity contribution is -0.136. The molecule has 0 aliphatic carbocycles. The maximum atomic E-state index is 13.1. The first kappa shape index (κ1) is 16.4. The van der Waals surface area contributed by atoms with Crippen molar-refractivity contribution in [1.82, 2.24) is 24.9 Å². The number of H-pyrrole nitrogens is 1. The normalized spacial score (nSPS) is 18.6. The van der Waals surface area contributed by atoms with Crippen LogP contribution in [0.25, 0.3) is 11.3 Å². The van der Waals surface area contributed by atoms with Gasteiger partial charge >= 0.3 is 0 Å². The molecule has 0 radical (unpaired) electrons. The minimum Gasteiger partial charge on any atom is -0.369 e. The highest BCUT2D eigenvalue weighted by Crippen LogP contribution is 2.30. The molecule has 1 aromatic carbocycles. The number of hydrogen-bond donors (Lipinski definition) is 2. The summed E-state index contributed by atoms with van der Waals surface area (Å²) >= 11 is 6.00. The lowest BCUT2D eigenvalue weighted by Crippen LogP contribution is -2.44. The number of hydrogen-bond acceptors (Lipinski definition) is 4. The fourth-order valence-corrected chi connectivity index (χ4v) is 4.01. The molecule has 4 heterocycles. The average molecular weight is 383 g/mol. The largest absolute Gasteiger partial charge is 0.369 e. The van der Waals surface area contributed by atoms with Crippen LogP contribution in [0.2, 0.25) is 5.02 Å². The highest BCUT2D eigenvalue weighted by atomic mass is 35.5. The molecule has 0 saturated heterocycles. The topological polar surface area (TPSA) is 78.8 Å². The molecule has 5 rings (SSSR count). The molecule has 27 heavy (non-hydrogen) atoms. The Balaban J connectivity index is 1.37. The van der Waals surface area contributed by atoms with E-state index in [2.05, 4.69) is 20.6 Å². The number of fused-ring (bicyclic) bond motifs is 2. The number of anilines is 1. The number of halogens is 1.